The summed E-state index contributed by atoms with van der Waals surface area (Å²) in [5.41, 5.74) is 4.87. The molecule has 0 atom stereocenters. The Morgan fingerprint density at radius 1 is 1.39 bits per heavy atom. The SMILES string of the molecule is CCCCN(C)CC(=O)Nn1c(-c2ccc(C)cc2)n[nH]c1=S. The van der Waals surface area contributed by atoms with Crippen LogP contribution in [0.1, 0.15) is 25.3 Å². The number of unbranched alkanes of at least 4 members (excludes halogenated alkanes) is 1. The minimum atomic E-state index is -0.116. The number of hydrogen-bond acceptors (Lipinski definition) is 4. The summed E-state index contributed by atoms with van der Waals surface area (Å²) in [4.78, 5) is 14.2. The van der Waals surface area contributed by atoms with E-state index in [1.165, 1.54) is 4.68 Å². The number of rotatable bonds is 7. The molecule has 0 fully saturated rings. The summed E-state index contributed by atoms with van der Waals surface area (Å²) < 4.78 is 1.89. The van der Waals surface area contributed by atoms with Gasteiger partial charge < -0.3 is 0 Å². The maximum absolute atomic E-state index is 12.2. The fourth-order valence-electron chi connectivity index (χ4n) is 2.21. The van der Waals surface area contributed by atoms with Crippen molar-refractivity contribution in [1.82, 2.24) is 19.8 Å². The number of aromatic nitrogens is 3. The van der Waals surface area contributed by atoms with Crippen LogP contribution in [0, 0.1) is 11.7 Å². The summed E-state index contributed by atoms with van der Waals surface area (Å²) in [6.07, 6.45) is 2.18. The number of amides is 1. The maximum Gasteiger partial charge on any atom is 0.253 e. The van der Waals surface area contributed by atoms with Crippen LogP contribution in [0.4, 0.5) is 0 Å². The van der Waals surface area contributed by atoms with E-state index in [9.17, 15) is 4.79 Å². The summed E-state index contributed by atoms with van der Waals surface area (Å²) in [5.74, 6) is 0.481. The third-order valence-electron chi connectivity index (χ3n) is 3.53. The van der Waals surface area contributed by atoms with E-state index in [4.69, 9.17) is 12.2 Å². The molecule has 1 amide bonds. The Kier molecular flexibility index (Phi) is 6.06. The summed E-state index contributed by atoms with van der Waals surface area (Å²) in [6, 6.07) is 7.90. The first-order chi connectivity index (χ1) is 11.0. The highest BCUT2D eigenvalue weighted by Gasteiger charge is 2.12. The maximum atomic E-state index is 12.2. The van der Waals surface area contributed by atoms with Crippen molar-refractivity contribution in [3.8, 4) is 11.4 Å². The Balaban J connectivity index is 2.11. The first-order valence-electron chi connectivity index (χ1n) is 7.74. The van der Waals surface area contributed by atoms with Crippen molar-refractivity contribution in [2.24, 2.45) is 0 Å². The van der Waals surface area contributed by atoms with E-state index in [2.05, 4.69) is 22.5 Å². The summed E-state index contributed by atoms with van der Waals surface area (Å²) in [6.45, 7) is 5.37. The zero-order chi connectivity index (χ0) is 16.8. The van der Waals surface area contributed by atoms with Crippen LogP contribution in [0.15, 0.2) is 24.3 Å². The number of nitrogens with one attached hydrogen (secondary N) is 2. The molecule has 6 nitrogen and oxygen atoms in total. The smallest absolute Gasteiger partial charge is 0.253 e. The van der Waals surface area contributed by atoms with E-state index in [1.807, 2.05) is 43.1 Å². The van der Waals surface area contributed by atoms with Gasteiger partial charge in [-0.3, -0.25) is 15.1 Å². The molecule has 0 saturated carbocycles. The van der Waals surface area contributed by atoms with E-state index in [0.29, 0.717) is 17.1 Å². The fraction of sp³-hybridized carbons (Fsp3) is 0.438. The monoisotopic (exact) mass is 333 g/mol. The molecule has 0 radical (unpaired) electrons. The lowest BCUT2D eigenvalue weighted by atomic mass is 10.1. The molecule has 0 spiro atoms. The van der Waals surface area contributed by atoms with Crippen LogP contribution >= 0.6 is 12.2 Å². The molecular weight excluding hydrogens is 310 g/mol. The molecule has 2 rings (SSSR count). The Morgan fingerprint density at radius 2 is 2.09 bits per heavy atom. The van der Waals surface area contributed by atoms with Gasteiger partial charge in [-0.2, -0.15) is 5.10 Å². The summed E-state index contributed by atoms with van der Waals surface area (Å²) in [7, 11) is 1.94. The van der Waals surface area contributed by atoms with Gasteiger partial charge in [-0.15, -0.1) is 0 Å². The molecule has 124 valence electrons. The first-order valence-corrected chi connectivity index (χ1v) is 8.15. The Bertz CT molecular complexity index is 704. The molecule has 23 heavy (non-hydrogen) atoms. The van der Waals surface area contributed by atoms with E-state index in [0.717, 1.165) is 30.5 Å². The van der Waals surface area contributed by atoms with Gasteiger partial charge in [0.05, 0.1) is 6.54 Å². The number of hydrogen-bond donors (Lipinski definition) is 2. The third-order valence-corrected chi connectivity index (χ3v) is 3.80. The molecule has 1 aromatic heterocycles. The van der Waals surface area contributed by atoms with E-state index < -0.39 is 0 Å². The molecule has 0 bridgehead atoms. The predicted molar refractivity (Wildman–Crippen MR) is 94.4 cm³/mol. The number of H-pyrrole nitrogens is 1. The van der Waals surface area contributed by atoms with Gasteiger partial charge >= 0.3 is 0 Å². The molecule has 1 aromatic carbocycles. The number of carbonyl (C=O) groups is 1. The van der Waals surface area contributed by atoms with Crippen LogP contribution < -0.4 is 5.43 Å². The van der Waals surface area contributed by atoms with Crippen LogP contribution in [0.5, 0.6) is 0 Å². The molecule has 0 aliphatic rings. The zero-order valence-electron chi connectivity index (χ0n) is 13.8. The van der Waals surface area contributed by atoms with Gasteiger partial charge in [0.15, 0.2) is 5.82 Å². The normalized spacial score (nSPS) is 11.0. The van der Waals surface area contributed by atoms with Crippen molar-refractivity contribution in [3.63, 3.8) is 0 Å². The van der Waals surface area contributed by atoms with E-state index in [1.54, 1.807) is 0 Å². The van der Waals surface area contributed by atoms with Gasteiger partial charge in [0.25, 0.3) is 5.91 Å². The topological polar surface area (TPSA) is 66.0 Å². The average Bonchev–Trinajstić information content (AvgIpc) is 2.87. The molecule has 0 unspecified atom stereocenters. The second kappa shape index (κ2) is 8.03. The molecule has 0 aliphatic carbocycles. The lowest BCUT2D eigenvalue weighted by Gasteiger charge is -2.16. The van der Waals surface area contributed by atoms with Gasteiger partial charge in [-0.05, 0) is 39.2 Å². The lowest BCUT2D eigenvalue weighted by molar-refractivity contribution is -0.118. The molecule has 7 heteroatoms. The standard InChI is InChI=1S/C16H23N5OS/c1-4-5-10-20(3)11-14(22)19-21-15(17-18-16(21)23)13-8-6-12(2)7-9-13/h6-9H,4-5,10-11H2,1-3H3,(H,18,23)(H,19,22). The van der Waals surface area contributed by atoms with Crippen LogP contribution in [0.2, 0.25) is 0 Å². The van der Waals surface area contributed by atoms with Crippen molar-refractivity contribution in [2.75, 3.05) is 25.6 Å². The minimum Gasteiger partial charge on any atom is -0.298 e. The number of aromatic amines is 1. The number of likely N-dealkylation sites (N-methyl/N-ethyl adjacent to an activating group) is 1. The molecule has 1 heterocycles. The van der Waals surface area contributed by atoms with Crippen molar-refractivity contribution in [1.29, 1.82) is 0 Å². The van der Waals surface area contributed by atoms with Crippen molar-refractivity contribution in [2.45, 2.75) is 26.7 Å². The van der Waals surface area contributed by atoms with Gasteiger partial charge in [-0.25, -0.2) is 9.77 Å². The molecule has 2 N–H and O–H groups in total. The minimum absolute atomic E-state index is 0.116. The highest BCUT2D eigenvalue weighted by molar-refractivity contribution is 7.71. The van der Waals surface area contributed by atoms with Crippen LogP contribution in [-0.4, -0.2) is 45.8 Å². The van der Waals surface area contributed by atoms with E-state index in [-0.39, 0.29) is 5.91 Å². The van der Waals surface area contributed by atoms with Gasteiger partial charge in [0.1, 0.15) is 0 Å². The quantitative estimate of drug-likeness (QED) is 0.765. The molecule has 0 saturated heterocycles. The predicted octanol–water partition coefficient (Wildman–Crippen LogP) is 2.72. The first kappa shape index (κ1) is 17.4. The molecular formula is C16H23N5OS. The summed E-state index contributed by atoms with van der Waals surface area (Å²) >= 11 is 5.22. The van der Waals surface area contributed by atoms with Crippen LogP contribution in [0.3, 0.4) is 0 Å². The zero-order valence-corrected chi connectivity index (χ0v) is 14.6. The molecule has 0 aliphatic heterocycles. The van der Waals surface area contributed by atoms with Crippen molar-refractivity contribution in [3.05, 3.63) is 34.6 Å². The van der Waals surface area contributed by atoms with Gasteiger partial charge in [-0.1, -0.05) is 43.2 Å². The summed E-state index contributed by atoms with van der Waals surface area (Å²) in [5, 5.41) is 6.95. The largest absolute Gasteiger partial charge is 0.298 e. The Labute approximate surface area is 141 Å². The van der Waals surface area contributed by atoms with Crippen LogP contribution in [0.25, 0.3) is 11.4 Å². The number of carbonyl (C=O) groups excluding carboxylic acids is 1. The second-order valence-corrected chi connectivity index (χ2v) is 6.07. The molecule has 2 aromatic rings. The lowest BCUT2D eigenvalue weighted by Crippen LogP contribution is -2.35. The Hall–Kier alpha value is -1.99. The van der Waals surface area contributed by atoms with E-state index >= 15 is 0 Å². The second-order valence-electron chi connectivity index (χ2n) is 5.68. The highest BCUT2D eigenvalue weighted by Crippen LogP contribution is 2.16. The third kappa shape index (κ3) is 4.74. The number of nitrogens with zero attached hydrogens (tertiary/aromatic N) is 3. The fourth-order valence-corrected chi connectivity index (χ4v) is 2.39. The van der Waals surface area contributed by atoms with Crippen molar-refractivity contribution < 1.29 is 4.79 Å². The van der Waals surface area contributed by atoms with Gasteiger partial charge in [0.2, 0.25) is 4.77 Å². The average molecular weight is 333 g/mol. The van der Waals surface area contributed by atoms with Crippen molar-refractivity contribution >= 4 is 18.1 Å². The number of aryl methyl sites for hydroxylation is 1. The Morgan fingerprint density at radius 3 is 2.74 bits per heavy atom. The number of benzene rings is 1. The highest BCUT2D eigenvalue weighted by atomic mass is 32.1. The van der Waals surface area contributed by atoms with Crippen LogP contribution in [-0.2, 0) is 4.79 Å². The van der Waals surface area contributed by atoms with Gasteiger partial charge in [0, 0.05) is 5.56 Å².